The van der Waals surface area contributed by atoms with Crippen LogP contribution in [-0.2, 0) is 0 Å². The van der Waals surface area contributed by atoms with Gasteiger partial charge in [0.05, 0.1) is 0 Å². The molecule has 0 saturated heterocycles. The lowest BCUT2D eigenvalue weighted by Gasteiger charge is -1.95. The molecule has 0 aliphatic rings. The fourth-order valence-electron chi connectivity index (χ4n) is 0.465. The molecular weight excluding hydrogens is 84.1 g/mol. The normalized spacial score (nSPS) is 15.3. The topological polar surface area (TPSA) is 0 Å². The van der Waals surface area contributed by atoms with Crippen molar-refractivity contribution in [2.45, 2.75) is 27.2 Å². The average Bonchev–Trinajstić information content (AvgIpc) is 1.68. The molecular formula is C7H14. The summed E-state index contributed by atoms with van der Waals surface area (Å²) in [7, 11) is 0. The van der Waals surface area contributed by atoms with Crippen LogP contribution in [0.3, 0.4) is 0 Å². The van der Waals surface area contributed by atoms with Gasteiger partial charge in [-0.3, -0.25) is 0 Å². The van der Waals surface area contributed by atoms with Crippen molar-refractivity contribution in [3.8, 4) is 0 Å². The van der Waals surface area contributed by atoms with Gasteiger partial charge < -0.3 is 0 Å². The van der Waals surface area contributed by atoms with Crippen molar-refractivity contribution in [2.24, 2.45) is 5.92 Å². The summed E-state index contributed by atoms with van der Waals surface area (Å²) < 4.78 is 0. The molecule has 0 rings (SSSR count). The van der Waals surface area contributed by atoms with E-state index >= 15 is 0 Å². The van der Waals surface area contributed by atoms with Gasteiger partial charge in [-0.25, -0.2) is 0 Å². The van der Waals surface area contributed by atoms with Crippen LogP contribution in [0.5, 0.6) is 0 Å². The molecule has 0 unspecified atom stereocenters. The van der Waals surface area contributed by atoms with E-state index in [-0.39, 0.29) is 0 Å². The smallest absolute Gasteiger partial charge is 0.0265 e. The Labute approximate surface area is 46.2 Å². The van der Waals surface area contributed by atoms with Crippen LogP contribution in [0.15, 0.2) is 12.2 Å². The predicted octanol–water partition coefficient (Wildman–Crippen LogP) is 2.61. The first-order chi connectivity index (χ1) is 3.31. The van der Waals surface area contributed by atoms with Crippen LogP contribution in [0.1, 0.15) is 27.2 Å². The molecule has 0 aliphatic heterocycles. The molecule has 0 saturated carbocycles. The Balaban J connectivity index is 3.16. The highest BCUT2D eigenvalue weighted by molar-refractivity contribution is 4.81. The number of hydrogen-bond donors (Lipinski definition) is 0. The van der Waals surface area contributed by atoms with Gasteiger partial charge in [-0.15, -0.1) is 0 Å². The van der Waals surface area contributed by atoms with Gasteiger partial charge in [0.2, 0.25) is 0 Å². The molecule has 0 nitrogen and oxygen atoms in total. The zero-order valence-corrected chi connectivity index (χ0v) is 5.44. The molecule has 7 heavy (non-hydrogen) atoms. The molecule has 0 fully saturated rings. The van der Waals surface area contributed by atoms with E-state index < -0.39 is 0 Å². The molecule has 0 aromatic heterocycles. The Hall–Kier alpha value is -0.260. The Morgan fingerprint density at radius 2 is 2.14 bits per heavy atom. The summed E-state index contributed by atoms with van der Waals surface area (Å²) in [5.74, 6) is 0.769. The second-order valence-electron chi connectivity index (χ2n) is 1.91. The molecule has 42 valence electrons. The first-order valence-corrected chi connectivity index (χ1v) is 2.94. The van der Waals surface area contributed by atoms with E-state index in [2.05, 4.69) is 32.9 Å². The van der Waals surface area contributed by atoms with Gasteiger partial charge in [0, 0.05) is 0 Å². The molecule has 0 aliphatic carbocycles. The highest BCUT2D eigenvalue weighted by atomic mass is 13.9. The average molecular weight is 98.2 g/mol. The summed E-state index contributed by atoms with van der Waals surface area (Å²) >= 11 is 0. The van der Waals surface area contributed by atoms with Crippen molar-refractivity contribution in [2.75, 3.05) is 0 Å². The lowest BCUT2D eigenvalue weighted by Crippen LogP contribution is -1.81. The maximum atomic E-state index is 2.22. The summed E-state index contributed by atoms with van der Waals surface area (Å²) in [5, 5.41) is 0. The first-order valence-electron chi connectivity index (χ1n) is 2.94. The van der Waals surface area contributed by atoms with E-state index in [4.69, 9.17) is 0 Å². The molecule has 0 bridgehead atoms. The molecule has 0 radical (unpaired) electrons. The van der Waals surface area contributed by atoms with Crippen molar-refractivity contribution >= 4 is 0 Å². The summed E-state index contributed by atoms with van der Waals surface area (Å²) in [6.07, 6.45) is 5.58. The van der Waals surface area contributed by atoms with Crippen molar-refractivity contribution in [3.05, 3.63) is 12.2 Å². The first kappa shape index (κ1) is 6.74. The SMILES string of the molecule is C/C=C\[C@@H](C)CC. The monoisotopic (exact) mass is 98.1 g/mol. The molecule has 0 aromatic rings. The largest absolute Gasteiger partial charge is 0.0914 e. The second-order valence-corrected chi connectivity index (χ2v) is 1.91. The molecule has 0 N–H and O–H groups in total. The Morgan fingerprint density at radius 1 is 1.57 bits per heavy atom. The maximum Gasteiger partial charge on any atom is -0.0265 e. The second kappa shape index (κ2) is 3.91. The lowest BCUT2D eigenvalue weighted by molar-refractivity contribution is 0.697. The Kier molecular flexibility index (Phi) is 3.77. The van der Waals surface area contributed by atoms with Crippen LogP contribution in [-0.4, -0.2) is 0 Å². The summed E-state index contributed by atoms with van der Waals surface area (Å²) in [6.45, 7) is 6.48. The molecule has 0 aromatic carbocycles. The number of hydrogen-bond acceptors (Lipinski definition) is 0. The van der Waals surface area contributed by atoms with Gasteiger partial charge in [0.1, 0.15) is 0 Å². The third-order valence-electron chi connectivity index (χ3n) is 1.16. The van der Waals surface area contributed by atoms with Crippen LogP contribution in [0.25, 0.3) is 0 Å². The van der Waals surface area contributed by atoms with E-state index in [0.29, 0.717) is 0 Å². The zero-order valence-electron chi connectivity index (χ0n) is 5.44. The van der Waals surface area contributed by atoms with E-state index in [9.17, 15) is 0 Å². The van der Waals surface area contributed by atoms with Gasteiger partial charge in [0.15, 0.2) is 0 Å². The van der Waals surface area contributed by atoms with Crippen LogP contribution in [0, 0.1) is 5.92 Å². The summed E-state index contributed by atoms with van der Waals surface area (Å²) in [5.41, 5.74) is 0. The molecule has 0 spiro atoms. The molecule has 0 amide bonds. The standard InChI is InChI=1S/C7H14/c1-4-6-7(3)5-2/h4,6-7H,5H2,1-3H3/b6-4-/t7-/m0/s1. The molecule has 0 heterocycles. The van der Waals surface area contributed by atoms with Crippen molar-refractivity contribution in [3.63, 3.8) is 0 Å². The third-order valence-corrected chi connectivity index (χ3v) is 1.16. The van der Waals surface area contributed by atoms with Crippen LogP contribution in [0.4, 0.5) is 0 Å². The van der Waals surface area contributed by atoms with Gasteiger partial charge in [-0.2, -0.15) is 0 Å². The number of rotatable bonds is 2. The lowest BCUT2D eigenvalue weighted by atomic mass is 10.1. The van der Waals surface area contributed by atoms with E-state index in [1.165, 1.54) is 6.42 Å². The fraction of sp³-hybridized carbons (Fsp3) is 0.714. The van der Waals surface area contributed by atoms with E-state index in [1.807, 2.05) is 0 Å². The third kappa shape index (κ3) is 3.57. The molecule has 1 atom stereocenters. The Bertz CT molecular complexity index is 53.1. The maximum absolute atomic E-state index is 2.22. The van der Waals surface area contributed by atoms with Gasteiger partial charge >= 0.3 is 0 Å². The van der Waals surface area contributed by atoms with Gasteiger partial charge in [-0.1, -0.05) is 32.4 Å². The van der Waals surface area contributed by atoms with Gasteiger partial charge in [0.25, 0.3) is 0 Å². The predicted molar refractivity (Wildman–Crippen MR) is 34.3 cm³/mol. The minimum Gasteiger partial charge on any atom is -0.0914 e. The van der Waals surface area contributed by atoms with E-state index in [0.717, 1.165) is 5.92 Å². The van der Waals surface area contributed by atoms with Crippen LogP contribution < -0.4 is 0 Å². The summed E-state index contributed by atoms with van der Waals surface area (Å²) in [6, 6.07) is 0. The van der Waals surface area contributed by atoms with Crippen molar-refractivity contribution in [1.29, 1.82) is 0 Å². The van der Waals surface area contributed by atoms with Crippen LogP contribution in [0.2, 0.25) is 0 Å². The van der Waals surface area contributed by atoms with Gasteiger partial charge in [-0.05, 0) is 12.8 Å². The zero-order chi connectivity index (χ0) is 5.70. The number of allylic oxidation sites excluding steroid dienone is 2. The highest BCUT2D eigenvalue weighted by Gasteiger charge is 1.85. The molecule has 0 heteroatoms. The minimum atomic E-state index is 0.769. The minimum absolute atomic E-state index is 0.769. The quantitative estimate of drug-likeness (QED) is 0.466. The van der Waals surface area contributed by atoms with E-state index in [1.54, 1.807) is 0 Å². The fourth-order valence-corrected chi connectivity index (χ4v) is 0.465. The van der Waals surface area contributed by atoms with Crippen molar-refractivity contribution < 1.29 is 0 Å². The highest BCUT2D eigenvalue weighted by Crippen LogP contribution is 2.00. The van der Waals surface area contributed by atoms with Crippen LogP contribution >= 0.6 is 0 Å². The van der Waals surface area contributed by atoms with Crippen molar-refractivity contribution in [1.82, 2.24) is 0 Å². The summed E-state index contributed by atoms with van der Waals surface area (Å²) in [4.78, 5) is 0. The Morgan fingerprint density at radius 3 is 2.29 bits per heavy atom.